The monoisotopic (exact) mass is 578 g/mol. The maximum absolute atomic E-state index is 13.0. The summed E-state index contributed by atoms with van der Waals surface area (Å²) in [5.41, 5.74) is -1.05. The van der Waals surface area contributed by atoms with E-state index in [1.165, 1.54) is 31.2 Å². The van der Waals surface area contributed by atoms with Crippen LogP contribution in [-0.2, 0) is 14.2 Å². The molecule has 2 fully saturated rings. The third-order valence-electron chi connectivity index (χ3n) is 7.40. The fourth-order valence-corrected chi connectivity index (χ4v) is 5.14. The molecule has 9 N–H and O–H groups in total. The molecular formula is C27H30O14. The Hall–Kier alpha value is -3.31. The lowest BCUT2D eigenvalue weighted by atomic mass is 9.89. The molecule has 2 aliphatic rings. The molecule has 1 aromatic heterocycles. The van der Waals surface area contributed by atoms with E-state index < -0.39 is 84.8 Å². The van der Waals surface area contributed by atoms with E-state index in [2.05, 4.69) is 0 Å². The van der Waals surface area contributed by atoms with Crippen molar-refractivity contribution in [2.24, 2.45) is 0 Å². The number of fused-ring (bicyclic) bond motifs is 1. The topological polar surface area (TPSA) is 240 Å². The van der Waals surface area contributed by atoms with E-state index in [4.69, 9.17) is 18.6 Å². The number of benzene rings is 2. The highest BCUT2D eigenvalue weighted by atomic mass is 16.7. The molecule has 0 aliphatic carbocycles. The van der Waals surface area contributed by atoms with Crippen LogP contribution in [0.15, 0.2) is 45.6 Å². The van der Waals surface area contributed by atoms with Crippen molar-refractivity contribution < 1.29 is 64.6 Å². The lowest BCUT2D eigenvalue weighted by Crippen LogP contribution is -2.62. The summed E-state index contributed by atoms with van der Waals surface area (Å²) in [4.78, 5) is 13.0. The van der Waals surface area contributed by atoms with Crippen molar-refractivity contribution in [3.63, 3.8) is 0 Å². The first-order valence-electron chi connectivity index (χ1n) is 12.7. The summed E-state index contributed by atoms with van der Waals surface area (Å²) in [6.45, 7) is 0.616. The van der Waals surface area contributed by atoms with Crippen LogP contribution in [0, 0.1) is 0 Å². The second-order valence-corrected chi connectivity index (χ2v) is 10.1. The number of aliphatic hydroxyl groups excluding tert-OH is 6. The predicted molar refractivity (Wildman–Crippen MR) is 137 cm³/mol. The maximum Gasteiger partial charge on any atom is 0.197 e. The summed E-state index contributed by atoms with van der Waals surface area (Å²) >= 11 is 0. The van der Waals surface area contributed by atoms with Gasteiger partial charge in [-0.15, -0.1) is 0 Å². The number of aromatic hydroxyl groups is 3. The van der Waals surface area contributed by atoms with E-state index in [1.54, 1.807) is 0 Å². The molecule has 222 valence electrons. The van der Waals surface area contributed by atoms with Crippen LogP contribution in [0.4, 0.5) is 0 Å². The number of aliphatic hydroxyl groups is 6. The average Bonchev–Trinajstić information content (AvgIpc) is 2.93. The number of ether oxygens (including phenoxy) is 3. The van der Waals surface area contributed by atoms with E-state index in [-0.39, 0.29) is 28.0 Å². The SMILES string of the molecule is C[C@@H]1O[C@@H](O[C@H]2C(O)C(O)[C@H](c3c(O)cc(O)c4c(=O)cc(-c5ccc(O)cc5)oc34)O[C@H]2CO)C(O)C(O)[C@H]1O. The van der Waals surface area contributed by atoms with Gasteiger partial charge in [0.15, 0.2) is 17.3 Å². The Kier molecular flexibility index (Phi) is 7.95. The Morgan fingerprint density at radius 2 is 1.51 bits per heavy atom. The van der Waals surface area contributed by atoms with E-state index in [0.717, 1.165) is 12.1 Å². The van der Waals surface area contributed by atoms with Gasteiger partial charge in [-0.05, 0) is 31.2 Å². The molecule has 3 aromatic rings. The Bertz CT molecular complexity index is 1450. The molecule has 0 amide bonds. The van der Waals surface area contributed by atoms with Crippen LogP contribution in [0.5, 0.6) is 17.2 Å². The molecule has 0 radical (unpaired) electrons. The fraction of sp³-hybridized carbons (Fsp3) is 0.444. The second kappa shape index (κ2) is 11.2. The first kappa shape index (κ1) is 29.2. The van der Waals surface area contributed by atoms with Gasteiger partial charge in [0.1, 0.15) is 77.2 Å². The Morgan fingerprint density at radius 1 is 0.829 bits per heavy atom. The Labute approximate surface area is 231 Å². The van der Waals surface area contributed by atoms with Crippen molar-refractivity contribution >= 4 is 11.0 Å². The van der Waals surface area contributed by atoms with Crippen molar-refractivity contribution in [2.45, 2.75) is 68.1 Å². The quantitative estimate of drug-likeness (QED) is 0.175. The number of phenolic OH excluding ortho intramolecular Hbond substituents is 3. The maximum atomic E-state index is 13.0. The largest absolute Gasteiger partial charge is 0.508 e. The van der Waals surface area contributed by atoms with Gasteiger partial charge in [-0.1, -0.05) is 0 Å². The zero-order chi connectivity index (χ0) is 29.7. The predicted octanol–water partition coefficient (Wildman–Crippen LogP) is -1.06. The summed E-state index contributed by atoms with van der Waals surface area (Å²) in [6.07, 6.45) is -15.7. The van der Waals surface area contributed by atoms with E-state index in [0.29, 0.717) is 5.56 Å². The van der Waals surface area contributed by atoms with Crippen molar-refractivity contribution in [1.29, 1.82) is 0 Å². The number of hydrogen-bond acceptors (Lipinski definition) is 14. The van der Waals surface area contributed by atoms with Gasteiger partial charge in [0.05, 0.1) is 18.3 Å². The minimum absolute atomic E-state index is 0.0159. The normalized spacial score (nSPS) is 34.1. The van der Waals surface area contributed by atoms with E-state index in [9.17, 15) is 50.8 Å². The van der Waals surface area contributed by atoms with Crippen LogP contribution in [0.2, 0.25) is 0 Å². The third kappa shape index (κ3) is 5.14. The number of rotatable bonds is 5. The summed E-state index contributed by atoms with van der Waals surface area (Å²) < 4.78 is 22.7. The van der Waals surface area contributed by atoms with Gasteiger partial charge in [0.25, 0.3) is 0 Å². The molecule has 2 saturated heterocycles. The number of hydrogen-bond donors (Lipinski definition) is 9. The minimum Gasteiger partial charge on any atom is -0.508 e. The lowest BCUT2D eigenvalue weighted by Gasteiger charge is -2.46. The minimum atomic E-state index is -1.89. The van der Waals surface area contributed by atoms with Gasteiger partial charge in [0.2, 0.25) is 0 Å². The van der Waals surface area contributed by atoms with Gasteiger partial charge in [0, 0.05) is 17.7 Å². The molecular weight excluding hydrogens is 548 g/mol. The second-order valence-electron chi connectivity index (χ2n) is 10.1. The lowest BCUT2D eigenvalue weighted by molar-refractivity contribution is -0.338. The van der Waals surface area contributed by atoms with Crippen molar-refractivity contribution in [2.75, 3.05) is 6.61 Å². The van der Waals surface area contributed by atoms with Gasteiger partial charge in [-0.3, -0.25) is 4.79 Å². The number of phenols is 3. The van der Waals surface area contributed by atoms with Crippen LogP contribution < -0.4 is 5.43 Å². The highest BCUT2D eigenvalue weighted by Crippen LogP contribution is 2.44. The summed E-state index contributed by atoms with van der Waals surface area (Å²) in [5.74, 6) is -1.35. The molecule has 41 heavy (non-hydrogen) atoms. The third-order valence-corrected chi connectivity index (χ3v) is 7.40. The van der Waals surface area contributed by atoms with Crippen LogP contribution in [0.3, 0.4) is 0 Å². The van der Waals surface area contributed by atoms with E-state index in [1.807, 2.05) is 0 Å². The molecule has 0 saturated carbocycles. The van der Waals surface area contributed by atoms with Crippen LogP contribution >= 0.6 is 0 Å². The molecule has 4 unspecified atom stereocenters. The smallest absolute Gasteiger partial charge is 0.197 e. The van der Waals surface area contributed by atoms with Crippen molar-refractivity contribution in [3.05, 3.63) is 52.2 Å². The highest BCUT2D eigenvalue weighted by Gasteiger charge is 2.51. The van der Waals surface area contributed by atoms with Gasteiger partial charge in [-0.2, -0.15) is 0 Å². The van der Waals surface area contributed by atoms with Gasteiger partial charge < -0.3 is 64.6 Å². The standard InChI is InChI=1S/C27H30O14/c1-9-19(33)20(34)23(37)27(38-9)41-24-16(8-28)40-26(22(36)21(24)35)18-13(31)6-12(30)17-14(32)7-15(39-25(17)18)10-2-4-11(29)5-3-10/h2-7,9,16,19-24,26-31,33-37H,8H2,1H3/t9-,16-,19-,20?,21?,22?,23?,24+,26-,27-/m0/s1. The summed E-state index contributed by atoms with van der Waals surface area (Å²) in [5, 5.41) is 93.0. The molecule has 10 atom stereocenters. The highest BCUT2D eigenvalue weighted by molar-refractivity contribution is 5.89. The van der Waals surface area contributed by atoms with E-state index >= 15 is 0 Å². The molecule has 14 nitrogen and oxygen atoms in total. The summed E-state index contributed by atoms with van der Waals surface area (Å²) in [7, 11) is 0. The molecule has 14 heteroatoms. The average molecular weight is 579 g/mol. The van der Waals surface area contributed by atoms with Crippen molar-refractivity contribution in [3.8, 4) is 28.6 Å². The Balaban J connectivity index is 1.54. The fourth-order valence-electron chi connectivity index (χ4n) is 5.14. The molecule has 0 bridgehead atoms. The van der Waals surface area contributed by atoms with Crippen molar-refractivity contribution in [1.82, 2.24) is 0 Å². The van der Waals surface area contributed by atoms with Crippen LogP contribution in [0.25, 0.3) is 22.3 Å². The van der Waals surface area contributed by atoms with Gasteiger partial charge in [-0.25, -0.2) is 0 Å². The summed E-state index contributed by atoms with van der Waals surface area (Å²) in [6, 6.07) is 7.55. The molecule has 0 spiro atoms. The first-order valence-corrected chi connectivity index (χ1v) is 12.7. The zero-order valence-corrected chi connectivity index (χ0v) is 21.5. The molecule has 5 rings (SSSR count). The van der Waals surface area contributed by atoms with Crippen LogP contribution in [0.1, 0.15) is 18.6 Å². The zero-order valence-electron chi connectivity index (χ0n) is 21.5. The first-order chi connectivity index (χ1) is 19.4. The molecule has 3 heterocycles. The Morgan fingerprint density at radius 3 is 2.17 bits per heavy atom. The van der Waals surface area contributed by atoms with Gasteiger partial charge >= 0.3 is 0 Å². The molecule has 2 aliphatic heterocycles. The molecule has 2 aromatic carbocycles. The van der Waals surface area contributed by atoms with Crippen LogP contribution in [-0.4, -0.2) is 108 Å².